The van der Waals surface area contributed by atoms with Crippen LogP contribution in [0.2, 0.25) is 0 Å². The summed E-state index contributed by atoms with van der Waals surface area (Å²) in [5, 5.41) is 2.70. The first kappa shape index (κ1) is 19.0. The smallest absolute Gasteiger partial charge is 0.255 e. The molecule has 0 atom stereocenters. The molecular weight excluding hydrogens is 376 g/mol. The second kappa shape index (κ2) is 7.58. The number of carbonyl (C=O) groups excluding carboxylic acids is 1. The first-order valence-corrected chi connectivity index (χ1v) is 9.30. The number of benzene rings is 2. The molecule has 3 aromatic rings. The van der Waals surface area contributed by atoms with E-state index < -0.39 is 11.6 Å². The number of amides is 1. The number of halogens is 2. The lowest BCUT2D eigenvalue weighted by Gasteiger charge is -2.12. The largest absolute Gasteiger partial charge is 0.491 e. The van der Waals surface area contributed by atoms with Gasteiger partial charge in [-0.05, 0) is 43.7 Å². The molecule has 0 bridgehead atoms. The van der Waals surface area contributed by atoms with Crippen LogP contribution in [-0.4, -0.2) is 22.0 Å². The highest BCUT2D eigenvalue weighted by molar-refractivity contribution is 5.99. The van der Waals surface area contributed by atoms with Gasteiger partial charge in [0.05, 0.1) is 35.2 Å². The molecule has 4 rings (SSSR count). The van der Waals surface area contributed by atoms with Gasteiger partial charge in [0, 0.05) is 6.42 Å². The van der Waals surface area contributed by atoms with Crippen LogP contribution in [0.1, 0.15) is 41.2 Å². The first-order chi connectivity index (χ1) is 13.9. The van der Waals surface area contributed by atoms with Gasteiger partial charge >= 0.3 is 0 Å². The number of nitrogens with zero attached hydrogens (tertiary/aromatic N) is 2. The summed E-state index contributed by atoms with van der Waals surface area (Å²) in [5.41, 5.74) is 1.84. The highest BCUT2D eigenvalue weighted by Crippen LogP contribution is 2.28. The second-order valence-corrected chi connectivity index (χ2v) is 7.08. The van der Waals surface area contributed by atoms with E-state index >= 15 is 0 Å². The summed E-state index contributed by atoms with van der Waals surface area (Å²) in [4.78, 5) is 20.9. The Hall–Kier alpha value is -3.35. The van der Waals surface area contributed by atoms with Crippen molar-refractivity contribution in [2.75, 3.05) is 0 Å². The number of hydrogen-bond donors (Lipinski definition) is 1. The molecule has 7 heteroatoms. The lowest BCUT2D eigenvalue weighted by atomic mass is 10.0. The van der Waals surface area contributed by atoms with Crippen molar-refractivity contribution in [2.45, 2.75) is 32.9 Å². The summed E-state index contributed by atoms with van der Waals surface area (Å²) in [5.74, 6) is -1.10. The normalized spacial score (nSPS) is 12.8. The molecule has 0 fully saturated rings. The third kappa shape index (κ3) is 3.81. The van der Waals surface area contributed by atoms with Crippen molar-refractivity contribution >= 4 is 5.91 Å². The van der Waals surface area contributed by atoms with Gasteiger partial charge in [0.1, 0.15) is 17.4 Å². The molecule has 0 saturated heterocycles. The van der Waals surface area contributed by atoms with Gasteiger partial charge in [0.25, 0.3) is 5.91 Å². The van der Waals surface area contributed by atoms with Gasteiger partial charge in [-0.15, -0.1) is 0 Å². The van der Waals surface area contributed by atoms with Crippen LogP contribution >= 0.6 is 0 Å². The molecular formula is C22H19F2N3O2. The molecule has 1 aromatic heterocycles. The molecule has 0 unspecified atom stereocenters. The molecule has 29 heavy (non-hydrogen) atoms. The molecule has 148 valence electrons. The van der Waals surface area contributed by atoms with Crippen LogP contribution in [-0.2, 0) is 13.0 Å². The molecule has 0 saturated carbocycles. The average molecular weight is 395 g/mol. The highest BCUT2D eigenvalue weighted by atomic mass is 19.1. The van der Waals surface area contributed by atoms with E-state index in [4.69, 9.17) is 4.74 Å². The maximum atomic E-state index is 14.3. The third-order valence-electron chi connectivity index (χ3n) is 4.56. The second-order valence-electron chi connectivity index (χ2n) is 7.08. The minimum Gasteiger partial charge on any atom is -0.491 e. The fourth-order valence-corrected chi connectivity index (χ4v) is 3.30. The van der Waals surface area contributed by atoms with E-state index in [1.54, 1.807) is 0 Å². The number of rotatable bonds is 5. The number of nitrogens with one attached hydrogen (secondary N) is 1. The monoisotopic (exact) mass is 395 g/mol. The Balaban J connectivity index is 1.75. The van der Waals surface area contributed by atoms with E-state index in [0.717, 1.165) is 23.4 Å². The molecule has 1 aliphatic heterocycles. The zero-order valence-corrected chi connectivity index (χ0v) is 16.0. The lowest BCUT2D eigenvalue weighted by Crippen LogP contribution is -2.14. The predicted molar refractivity (Wildman–Crippen MR) is 104 cm³/mol. The Kier molecular flexibility index (Phi) is 4.96. The van der Waals surface area contributed by atoms with Crippen LogP contribution in [0.4, 0.5) is 8.78 Å². The average Bonchev–Trinajstić information content (AvgIpc) is 3.04. The zero-order chi connectivity index (χ0) is 20.5. The lowest BCUT2D eigenvalue weighted by molar-refractivity contribution is 0.0964. The van der Waals surface area contributed by atoms with Crippen molar-refractivity contribution in [1.82, 2.24) is 15.3 Å². The number of ether oxygens (including phenoxy) is 1. The van der Waals surface area contributed by atoms with E-state index in [1.807, 2.05) is 38.1 Å². The maximum Gasteiger partial charge on any atom is 0.255 e. The topological polar surface area (TPSA) is 64.1 Å². The number of carbonyl (C=O) groups is 1. The van der Waals surface area contributed by atoms with Gasteiger partial charge in [0.2, 0.25) is 0 Å². The van der Waals surface area contributed by atoms with Crippen LogP contribution in [0, 0.1) is 11.6 Å². The molecule has 2 heterocycles. The van der Waals surface area contributed by atoms with Crippen molar-refractivity contribution in [3.63, 3.8) is 0 Å². The fourth-order valence-electron chi connectivity index (χ4n) is 3.30. The van der Waals surface area contributed by atoms with Crippen molar-refractivity contribution in [3.8, 4) is 17.1 Å². The van der Waals surface area contributed by atoms with E-state index in [9.17, 15) is 13.6 Å². The van der Waals surface area contributed by atoms with E-state index in [2.05, 4.69) is 15.3 Å². The molecule has 0 radical (unpaired) electrons. The predicted octanol–water partition coefficient (Wildman–Crippen LogP) is 4.04. The van der Waals surface area contributed by atoms with E-state index in [0.29, 0.717) is 23.4 Å². The molecule has 1 aliphatic rings. The first-order valence-electron chi connectivity index (χ1n) is 9.30. The molecule has 2 aromatic carbocycles. The number of aromatic nitrogens is 2. The molecule has 0 spiro atoms. The standard InChI is InChI=1S/C22H19F2N3O2/c1-12(2)29-14-8-6-13(7-9-14)10-17-20-18(11-25-22(20)28)27-21(26-17)19-15(23)4-3-5-16(19)24/h3-9,12H,10-11H2,1-2H3,(H,25,28). The summed E-state index contributed by atoms with van der Waals surface area (Å²) in [6, 6.07) is 11.0. The van der Waals surface area contributed by atoms with Gasteiger partial charge in [-0.25, -0.2) is 18.7 Å². The Bertz CT molecular complexity index is 1060. The van der Waals surface area contributed by atoms with Gasteiger partial charge in [0.15, 0.2) is 5.82 Å². The van der Waals surface area contributed by atoms with Gasteiger partial charge in [-0.1, -0.05) is 18.2 Å². The van der Waals surface area contributed by atoms with Crippen molar-refractivity contribution in [2.24, 2.45) is 0 Å². The van der Waals surface area contributed by atoms with Crippen molar-refractivity contribution in [1.29, 1.82) is 0 Å². The maximum absolute atomic E-state index is 14.3. The van der Waals surface area contributed by atoms with E-state index in [-0.39, 0.29) is 29.9 Å². The molecule has 0 aliphatic carbocycles. The summed E-state index contributed by atoms with van der Waals surface area (Å²) in [7, 11) is 0. The summed E-state index contributed by atoms with van der Waals surface area (Å²) < 4.78 is 34.2. The van der Waals surface area contributed by atoms with Crippen molar-refractivity contribution < 1.29 is 18.3 Å². The third-order valence-corrected chi connectivity index (χ3v) is 4.56. The number of fused-ring (bicyclic) bond motifs is 1. The van der Waals surface area contributed by atoms with Crippen LogP contribution in [0.5, 0.6) is 5.75 Å². The van der Waals surface area contributed by atoms with Crippen LogP contribution in [0.15, 0.2) is 42.5 Å². The van der Waals surface area contributed by atoms with E-state index in [1.165, 1.54) is 6.07 Å². The number of hydrogen-bond acceptors (Lipinski definition) is 4. The molecule has 1 amide bonds. The Labute approximate surface area is 166 Å². The molecule has 5 nitrogen and oxygen atoms in total. The Morgan fingerprint density at radius 3 is 2.38 bits per heavy atom. The van der Waals surface area contributed by atoms with Crippen LogP contribution < -0.4 is 10.1 Å². The minimum atomic E-state index is -0.747. The highest BCUT2D eigenvalue weighted by Gasteiger charge is 2.28. The SMILES string of the molecule is CC(C)Oc1ccc(Cc2nc(-c3c(F)cccc3F)nc3c2C(=O)NC3)cc1. The van der Waals surface area contributed by atoms with Crippen LogP contribution in [0.25, 0.3) is 11.4 Å². The van der Waals surface area contributed by atoms with Crippen LogP contribution in [0.3, 0.4) is 0 Å². The summed E-state index contributed by atoms with van der Waals surface area (Å²) in [6.45, 7) is 4.09. The Morgan fingerprint density at radius 2 is 1.72 bits per heavy atom. The van der Waals surface area contributed by atoms with Gasteiger partial charge < -0.3 is 10.1 Å². The summed E-state index contributed by atoms with van der Waals surface area (Å²) >= 11 is 0. The van der Waals surface area contributed by atoms with Crippen molar-refractivity contribution in [3.05, 3.63) is 76.6 Å². The minimum absolute atomic E-state index is 0.0629. The quantitative estimate of drug-likeness (QED) is 0.708. The summed E-state index contributed by atoms with van der Waals surface area (Å²) in [6.07, 6.45) is 0.386. The van der Waals surface area contributed by atoms with Gasteiger partial charge in [-0.3, -0.25) is 4.79 Å². The molecule has 1 N–H and O–H groups in total. The zero-order valence-electron chi connectivity index (χ0n) is 16.0. The fraction of sp³-hybridized carbons (Fsp3) is 0.227. The Morgan fingerprint density at radius 1 is 1.03 bits per heavy atom. The van der Waals surface area contributed by atoms with Gasteiger partial charge in [-0.2, -0.15) is 0 Å².